The number of carbonyl (C=O) groups is 1. The summed E-state index contributed by atoms with van der Waals surface area (Å²) in [4.78, 5) is 11.7. The minimum Gasteiger partial charge on any atom is -0.369 e. The van der Waals surface area contributed by atoms with Gasteiger partial charge in [0.15, 0.2) is 5.78 Å². The second kappa shape index (κ2) is 8.67. The third-order valence-electron chi connectivity index (χ3n) is 2.93. The first kappa shape index (κ1) is 14.9. The van der Waals surface area contributed by atoms with E-state index in [1.165, 1.54) is 17.9 Å². The second-order valence-corrected chi connectivity index (χ2v) is 7.50. The van der Waals surface area contributed by atoms with Crippen LogP contribution in [0.15, 0.2) is 30.3 Å². The molecule has 0 spiro atoms. The van der Waals surface area contributed by atoms with E-state index < -0.39 is 0 Å². The Morgan fingerprint density at radius 1 is 1.21 bits per heavy atom. The molecule has 0 N–H and O–H groups in total. The first-order chi connectivity index (χ1) is 9.34. The number of hydrogen-bond acceptors (Lipinski definition) is 4. The van der Waals surface area contributed by atoms with Gasteiger partial charge in [-0.25, -0.2) is 0 Å². The molecule has 0 unspecified atom stereocenters. The van der Waals surface area contributed by atoms with E-state index in [-0.39, 0.29) is 12.4 Å². The molecule has 4 heteroatoms. The highest BCUT2D eigenvalue weighted by Crippen LogP contribution is 2.33. The monoisotopic (exact) mass is 296 g/mol. The molecular formula is C15H20O2S2. The Morgan fingerprint density at radius 3 is 2.68 bits per heavy atom. The van der Waals surface area contributed by atoms with Gasteiger partial charge in [0.05, 0.1) is 11.2 Å². The summed E-state index contributed by atoms with van der Waals surface area (Å²) in [7, 11) is 0. The Labute approximate surface area is 123 Å². The first-order valence-corrected chi connectivity index (χ1v) is 8.81. The fourth-order valence-corrected chi connectivity index (χ4v) is 4.77. The van der Waals surface area contributed by atoms with E-state index in [9.17, 15) is 4.79 Å². The summed E-state index contributed by atoms with van der Waals surface area (Å²) in [5.41, 5.74) is 1.12. The van der Waals surface area contributed by atoms with Crippen LogP contribution >= 0.6 is 23.5 Å². The molecule has 0 radical (unpaired) electrons. The lowest BCUT2D eigenvalue weighted by molar-refractivity contribution is -0.124. The summed E-state index contributed by atoms with van der Waals surface area (Å²) in [6.45, 7) is 0.774. The van der Waals surface area contributed by atoms with Crippen molar-refractivity contribution in [1.82, 2.24) is 0 Å². The molecule has 0 aliphatic carbocycles. The fourth-order valence-electron chi connectivity index (χ4n) is 1.91. The minimum absolute atomic E-state index is 0.225. The van der Waals surface area contributed by atoms with E-state index in [1.807, 2.05) is 53.9 Å². The van der Waals surface area contributed by atoms with Crippen molar-refractivity contribution in [3.63, 3.8) is 0 Å². The van der Waals surface area contributed by atoms with Crippen molar-refractivity contribution < 1.29 is 9.53 Å². The van der Waals surface area contributed by atoms with Crippen molar-refractivity contribution in [3.8, 4) is 0 Å². The maximum absolute atomic E-state index is 11.7. The summed E-state index contributed by atoms with van der Waals surface area (Å²) >= 11 is 3.99. The van der Waals surface area contributed by atoms with Gasteiger partial charge in [0.2, 0.25) is 0 Å². The Bertz CT molecular complexity index is 375. The zero-order chi connectivity index (χ0) is 13.3. The van der Waals surface area contributed by atoms with Gasteiger partial charge in [0.25, 0.3) is 0 Å². The molecule has 1 aromatic carbocycles. The number of benzene rings is 1. The third-order valence-corrected chi connectivity index (χ3v) is 6.01. The highest BCUT2D eigenvalue weighted by molar-refractivity contribution is 8.17. The van der Waals surface area contributed by atoms with Gasteiger partial charge in [0, 0.05) is 6.42 Å². The molecule has 1 aliphatic rings. The largest absolute Gasteiger partial charge is 0.369 e. The van der Waals surface area contributed by atoms with E-state index in [0.29, 0.717) is 17.6 Å². The third kappa shape index (κ3) is 6.02. The lowest BCUT2D eigenvalue weighted by Gasteiger charge is -2.20. The number of thioether (sulfide) groups is 2. The highest BCUT2D eigenvalue weighted by Gasteiger charge is 2.15. The molecule has 2 nitrogen and oxygen atoms in total. The first-order valence-electron chi connectivity index (χ1n) is 6.71. The van der Waals surface area contributed by atoms with Crippen molar-refractivity contribution in [1.29, 1.82) is 0 Å². The average Bonchev–Trinajstić information content (AvgIpc) is 2.47. The number of ketones is 1. The van der Waals surface area contributed by atoms with Crippen LogP contribution in [0, 0.1) is 0 Å². The van der Waals surface area contributed by atoms with Crippen molar-refractivity contribution in [3.05, 3.63) is 35.9 Å². The predicted octanol–water partition coefficient (Wildman–Crippen LogP) is 3.75. The molecule has 104 valence electrons. The van der Waals surface area contributed by atoms with Gasteiger partial charge in [-0.1, -0.05) is 30.3 Å². The number of hydrogen-bond donors (Lipinski definition) is 0. The summed E-state index contributed by atoms with van der Waals surface area (Å²) in [5, 5.41) is 0. The van der Waals surface area contributed by atoms with Gasteiger partial charge in [-0.3, -0.25) is 4.79 Å². The van der Waals surface area contributed by atoms with Crippen molar-refractivity contribution >= 4 is 29.3 Å². The van der Waals surface area contributed by atoms with E-state index in [2.05, 4.69) is 0 Å². The average molecular weight is 296 g/mol. The molecular weight excluding hydrogens is 276 g/mol. The molecule has 0 saturated carbocycles. The van der Waals surface area contributed by atoms with Crippen LogP contribution in [0.25, 0.3) is 0 Å². The second-order valence-electron chi connectivity index (χ2n) is 4.58. The molecule has 1 saturated heterocycles. The molecule has 0 bridgehead atoms. The Morgan fingerprint density at radius 2 is 1.95 bits per heavy atom. The summed E-state index contributed by atoms with van der Waals surface area (Å²) in [5.74, 6) is 2.72. The summed E-state index contributed by atoms with van der Waals surface area (Å²) in [6.07, 6.45) is 2.95. The lowest BCUT2D eigenvalue weighted by Crippen LogP contribution is -2.13. The van der Waals surface area contributed by atoms with E-state index in [1.54, 1.807) is 0 Å². The molecule has 2 rings (SSSR count). The Balaban J connectivity index is 1.57. The van der Waals surface area contributed by atoms with Crippen LogP contribution in [0.2, 0.25) is 0 Å². The maximum atomic E-state index is 11.7. The van der Waals surface area contributed by atoms with E-state index in [4.69, 9.17) is 4.74 Å². The van der Waals surface area contributed by atoms with Crippen LogP contribution in [0.4, 0.5) is 0 Å². The number of Topliss-reactive ketones (excluding diaryl/α,β-unsaturated/α-hetero) is 1. The van der Waals surface area contributed by atoms with Crippen LogP contribution < -0.4 is 0 Å². The normalized spacial score (nSPS) is 16.4. The van der Waals surface area contributed by atoms with Gasteiger partial charge < -0.3 is 4.74 Å². The van der Waals surface area contributed by atoms with Crippen LogP contribution in [-0.2, 0) is 16.1 Å². The fraction of sp³-hybridized carbons (Fsp3) is 0.533. The molecule has 1 fully saturated rings. The molecule has 0 atom stereocenters. The Hall–Kier alpha value is -0.450. The van der Waals surface area contributed by atoms with Crippen molar-refractivity contribution in [2.45, 2.75) is 30.5 Å². The number of ether oxygens (including phenoxy) is 1. The van der Waals surface area contributed by atoms with Crippen LogP contribution in [0.1, 0.15) is 24.8 Å². The minimum atomic E-state index is 0.225. The number of carbonyl (C=O) groups excluding carboxylic acids is 1. The lowest BCUT2D eigenvalue weighted by atomic mass is 10.2. The van der Waals surface area contributed by atoms with Crippen LogP contribution in [0.3, 0.4) is 0 Å². The van der Waals surface area contributed by atoms with Gasteiger partial charge in [0.1, 0.15) is 6.61 Å². The Kier molecular flexibility index (Phi) is 6.82. The van der Waals surface area contributed by atoms with E-state index >= 15 is 0 Å². The SMILES string of the molecule is O=C(CCC1SCCCS1)COCc1ccccc1. The molecule has 19 heavy (non-hydrogen) atoms. The van der Waals surface area contributed by atoms with Gasteiger partial charge in [-0.2, -0.15) is 0 Å². The zero-order valence-electron chi connectivity index (χ0n) is 11.0. The quantitative estimate of drug-likeness (QED) is 0.765. The molecule has 1 aromatic rings. The summed E-state index contributed by atoms with van der Waals surface area (Å²) in [6, 6.07) is 9.98. The predicted molar refractivity (Wildman–Crippen MR) is 83.7 cm³/mol. The maximum Gasteiger partial charge on any atom is 0.158 e. The topological polar surface area (TPSA) is 26.3 Å². The number of rotatable bonds is 7. The highest BCUT2D eigenvalue weighted by atomic mass is 32.2. The van der Waals surface area contributed by atoms with E-state index in [0.717, 1.165) is 12.0 Å². The van der Waals surface area contributed by atoms with Crippen LogP contribution in [0.5, 0.6) is 0 Å². The standard InChI is InChI=1S/C15H20O2S2/c16-14(7-8-15-18-9-4-10-19-15)12-17-11-13-5-2-1-3-6-13/h1-3,5-6,15H,4,7-12H2. The van der Waals surface area contributed by atoms with Crippen molar-refractivity contribution in [2.24, 2.45) is 0 Å². The van der Waals surface area contributed by atoms with Gasteiger partial charge >= 0.3 is 0 Å². The van der Waals surface area contributed by atoms with Gasteiger partial charge in [-0.15, -0.1) is 23.5 Å². The molecule has 1 aliphatic heterocycles. The van der Waals surface area contributed by atoms with Crippen LogP contribution in [-0.4, -0.2) is 28.5 Å². The van der Waals surface area contributed by atoms with Crippen molar-refractivity contribution in [2.75, 3.05) is 18.1 Å². The molecule has 0 aromatic heterocycles. The van der Waals surface area contributed by atoms with Gasteiger partial charge in [-0.05, 0) is 29.9 Å². The summed E-state index contributed by atoms with van der Waals surface area (Å²) < 4.78 is 6.08. The zero-order valence-corrected chi connectivity index (χ0v) is 12.7. The molecule has 1 heterocycles. The molecule has 0 amide bonds. The smallest absolute Gasteiger partial charge is 0.158 e.